The largest absolute Gasteiger partial charge is 0.343 e. The van der Waals surface area contributed by atoms with Gasteiger partial charge in [-0.2, -0.15) is 10.2 Å². The second kappa shape index (κ2) is 4.90. The highest BCUT2D eigenvalue weighted by atomic mass is 15.1. The zero-order valence-corrected chi connectivity index (χ0v) is 11.4. The highest BCUT2D eigenvalue weighted by Crippen LogP contribution is 2.30. The first-order chi connectivity index (χ1) is 9.22. The molecule has 3 heterocycles. The molecule has 0 amide bonds. The van der Waals surface area contributed by atoms with E-state index in [1.807, 2.05) is 6.92 Å². The Morgan fingerprint density at radius 1 is 1.37 bits per heavy atom. The van der Waals surface area contributed by atoms with Crippen LogP contribution in [0.3, 0.4) is 0 Å². The van der Waals surface area contributed by atoms with E-state index >= 15 is 0 Å². The first-order valence-corrected chi connectivity index (χ1v) is 7.03. The van der Waals surface area contributed by atoms with Gasteiger partial charge in [-0.15, -0.1) is 0 Å². The number of hydrogen-bond acceptors (Lipinski definition) is 4. The molecule has 0 aliphatic carbocycles. The zero-order chi connectivity index (χ0) is 13.4. The smallest absolute Gasteiger partial charge is 0.0892 e. The number of aromatic nitrogens is 3. The number of hydrogen-bond donors (Lipinski definition) is 2. The lowest BCUT2D eigenvalue weighted by Gasteiger charge is -2.16. The number of nitrogens with zero attached hydrogens (tertiary/aromatic N) is 3. The second-order valence-electron chi connectivity index (χ2n) is 5.36. The molecule has 3 rings (SSSR count). The quantitative estimate of drug-likeness (QED) is 0.873. The van der Waals surface area contributed by atoms with Gasteiger partial charge in [-0.1, -0.05) is 0 Å². The van der Waals surface area contributed by atoms with Crippen LogP contribution in [0, 0.1) is 6.92 Å². The van der Waals surface area contributed by atoms with Crippen molar-refractivity contribution in [2.45, 2.75) is 45.2 Å². The van der Waals surface area contributed by atoms with Gasteiger partial charge in [-0.05, 0) is 45.2 Å². The van der Waals surface area contributed by atoms with Crippen LogP contribution in [0.1, 0.15) is 42.4 Å². The molecule has 4 N–H and O–H groups in total. The van der Waals surface area contributed by atoms with Gasteiger partial charge in [0.05, 0.1) is 22.9 Å². The third-order valence-electron chi connectivity index (χ3n) is 4.00. The van der Waals surface area contributed by atoms with Crippen LogP contribution in [0.25, 0.3) is 10.9 Å². The fourth-order valence-electron chi connectivity index (χ4n) is 3.05. The molecular formula is C14H21N5. The average molecular weight is 259 g/mol. The Labute approximate surface area is 113 Å². The molecule has 5 nitrogen and oxygen atoms in total. The van der Waals surface area contributed by atoms with Crippen molar-refractivity contribution in [2.24, 2.45) is 11.5 Å². The van der Waals surface area contributed by atoms with Crippen molar-refractivity contribution in [3.63, 3.8) is 0 Å². The van der Waals surface area contributed by atoms with Crippen LogP contribution in [0.15, 0.2) is 6.07 Å². The Bertz CT molecular complexity index is 601. The molecule has 1 unspecified atom stereocenters. The van der Waals surface area contributed by atoms with Gasteiger partial charge in [-0.3, -0.25) is 0 Å². The predicted molar refractivity (Wildman–Crippen MR) is 75.8 cm³/mol. The van der Waals surface area contributed by atoms with E-state index in [9.17, 15) is 0 Å². The van der Waals surface area contributed by atoms with E-state index in [2.05, 4.69) is 20.8 Å². The van der Waals surface area contributed by atoms with Crippen molar-refractivity contribution >= 4 is 10.9 Å². The lowest BCUT2D eigenvalue weighted by atomic mass is 10.1. The second-order valence-corrected chi connectivity index (χ2v) is 5.36. The monoisotopic (exact) mass is 259 g/mol. The van der Waals surface area contributed by atoms with Gasteiger partial charge in [0.2, 0.25) is 0 Å². The maximum atomic E-state index is 6.19. The highest BCUT2D eigenvalue weighted by Gasteiger charge is 2.20. The van der Waals surface area contributed by atoms with E-state index in [1.165, 1.54) is 29.4 Å². The molecule has 0 bridgehead atoms. The van der Waals surface area contributed by atoms with Crippen molar-refractivity contribution in [1.82, 2.24) is 14.8 Å². The Hall–Kier alpha value is -1.46. The summed E-state index contributed by atoms with van der Waals surface area (Å²) in [6, 6.07) is 2.13. The van der Waals surface area contributed by atoms with Crippen molar-refractivity contribution in [3.8, 4) is 0 Å². The molecule has 1 atom stereocenters. The summed E-state index contributed by atoms with van der Waals surface area (Å²) in [4.78, 5) is 0. The van der Waals surface area contributed by atoms with Crippen molar-refractivity contribution < 1.29 is 0 Å². The molecule has 0 spiro atoms. The molecule has 2 aromatic heterocycles. The summed E-state index contributed by atoms with van der Waals surface area (Å²) in [6.45, 7) is 3.68. The molecule has 1 aliphatic rings. The molecule has 0 fully saturated rings. The van der Waals surface area contributed by atoms with Crippen LogP contribution in [0.4, 0.5) is 0 Å². The maximum Gasteiger partial charge on any atom is 0.0892 e. The first kappa shape index (κ1) is 12.6. The molecule has 102 valence electrons. The highest BCUT2D eigenvalue weighted by molar-refractivity contribution is 5.85. The van der Waals surface area contributed by atoms with Gasteiger partial charge in [0.1, 0.15) is 0 Å². The van der Waals surface area contributed by atoms with E-state index in [4.69, 9.17) is 11.5 Å². The van der Waals surface area contributed by atoms with E-state index in [-0.39, 0.29) is 6.04 Å². The number of aryl methyl sites for hydroxylation is 3. The third kappa shape index (κ3) is 2.03. The van der Waals surface area contributed by atoms with Gasteiger partial charge in [-0.25, -0.2) is 0 Å². The summed E-state index contributed by atoms with van der Waals surface area (Å²) in [7, 11) is 0. The van der Waals surface area contributed by atoms with Gasteiger partial charge in [0, 0.05) is 17.6 Å². The summed E-state index contributed by atoms with van der Waals surface area (Å²) >= 11 is 0. The summed E-state index contributed by atoms with van der Waals surface area (Å²) in [6.07, 6.45) is 4.39. The lowest BCUT2D eigenvalue weighted by Crippen LogP contribution is -2.18. The minimum atomic E-state index is -0.120. The lowest BCUT2D eigenvalue weighted by molar-refractivity contribution is 0.543. The average Bonchev–Trinajstić information content (AvgIpc) is 2.79. The Morgan fingerprint density at radius 3 is 3.00 bits per heavy atom. The van der Waals surface area contributed by atoms with Crippen LogP contribution in [-0.4, -0.2) is 21.3 Å². The Balaban J connectivity index is 2.20. The molecule has 19 heavy (non-hydrogen) atoms. The number of rotatable bonds is 3. The molecule has 0 saturated heterocycles. The van der Waals surface area contributed by atoms with Gasteiger partial charge >= 0.3 is 0 Å². The molecule has 0 saturated carbocycles. The van der Waals surface area contributed by atoms with E-state index in [1.54, 1.807) is 0 Å². The van der Waals surface area contributed by atoms with E-state index in [0.717, 1.165) is 30.8 Å². The minimum absolute atomic E-state index is 0.120. The van der Waals surface area contributed by atoms with Crippen LogP contribution < -0.4 is 11.5 Å². The third-order valence-corrected chi connectivity index (χ3v) is 4.00. The zero-order valence-electron chi connectivity index (χ0n) is 11.4. The van der Waals surface area contributed by atoms with E-state index < -0.39 is 0 Å². The molecule has 1 aliphatic heterocycles. The molecule has 2 aromatic rings. The predicted octanol–water partition coefficient (Wildman–Crippen LogP) is 1.42. The van der Waals surface area contributed by atoms with Crippen molar-refractivity contribution in [3.05, 3.63) is 23.1 Å². The summed E-state index contributed by atoms with van der Waals surface area (Å²) < 4.78 is 2.39. The summed E-state index contributed by atoms with van der Waals surface area (Å²) in [5.74, 6) is 0. The van der Waals surface area contributed by atoms with Crippen LogP contribution >= 0.6 is 0 Å². The molecular weight excluding hydrogens is 238 g/mol. The minimum Gasteiger partial charge on any atom is -0.343 e. The van der Waals surface area contributed by atoms with Gasteiger partial charge in [0.15, 0.2) is 0 Å². The Kier molecular flexibility index (Phi) is 3.24. The SMILES string of the molecule is Cc1nnc(C(N)CCN)c2cc3n(c12)CCCC3. The maximum absolute atomic E-state index is 6.19. The molecule has 0 radical (unpaired) electrons. The standard InChI is InChI=1S/C14H21N5/c1-9-14-11(8-10-4-2-3-7-19(10)14)13(18-17-9)12(16)5-6-15/h8,12H,2-7,15-16H2,1H3. The van der Waals surface area contributed by atoms with Gasteiger partial charge < -0.3 is 16.0 Å². The molecule has 5 heteroatoms. The van der Waals surface area contributed by atoms with Crippen molar-refractivity contribution in [2.75, 3.05) is 6.54 Å². The number of fused-ring (bicyclic) bond motifs is 3. The van der Waals surface area contributed by atoms with Crippen LogP contribution in [-0.2, 0) is 13.0 Å². The molecule has 0 aromatic carbocycles. The summed E-state index contributed by atoms with van der Waals surface area (Å²) in [5, 5.41) is 9.80. The number of nitrogens with two attached hydrogens (primary N) is 2. The van der Waals surface area contributed by atoms with Crippen molar-refractivity contribution in [1.29, 1.82) is 0 Å². The van der Waals surface area contributed by atoms with E-state index in [0.29, 0.717) is 6.54 Å². The first-order valence-electron chi connectivity index (χ1n) is 7.03. The van der Waals surface area contributed by atoms with Crippen LogP contribution in [0.2, 0.25) is 0 Å². The fourth-order valence-corrected chi connectivity index (χ4v) is 3.05. The Morgan fingerprint density at radius 2 is 2.21 bits per heavy atom. The fraction of sp³-hybridized carbons (Fsp3) is 0.571. The van der Waals surface area contributed by atoms with Gasteiger partial charge in [0.25, 0.3) is 0 Å². The summed E-state index contributed by atoms with van der Waals surface area (Å²) in [5.41, 5.74) is 16.3. The topological polar surface area (TPSA) is 82.8 Å². The normalized spacial score (nSPS) is 16.6. The van der Waals surface area contributed by atoms with Crippen LogP contribution in [0.5, 0.6) is 0 Å².